The van der Waals surface area contributed by atoms with Crippen molar-refractivity contribution >= 4 is 33.3 Å². The molecule has 0 spiro atoms. The van der Waals surface area contributed by atoms with Crippen molar-refractivity contribution in [3.05, 3.63) is 54.6 Å². The van der Waals surface area contributed by atoms with Gasteiger partial charge in [0.2, 0.25) is 5.91 Å². The van der Waals surface area contributed by atoms with Gasteiger partial charge in [-0.2, -0.15) is 0 Å². The molecule has 0 aromatic heterocycles. The molecule has 2 aromatic rings. The Bertz CT molecular complexity index is 893. The summed E-state index contributed by atoms with van der Waals surface area (Å²) < 4.78 is 32.3. The number of rotatable bonds is 7. The van der Waals surface area contributed by atoms with Crippen LogP contribution < -0.4 is 9.62 Å². The maximum atomic E-state index is 13.1. The molecule has 7 nitrogen and oxygen atoms in total. The highest BCUT2D eigenvalue weighted by Crippen LogP contribution is 2.24. The van der Waals surface area contributed by atoms with Crippen LogP contribution in [0.3, 0.4) is 0 Å². The van der Waals surface area contributed by atoms with E-state index in [-0.39, 0.29) is 16.9 Å². The third-order valence-electron chi connectivity index (χ3n) is 3.45. The third-order valence-corrected chi connectivity index (χ3v) is 5.23. The first-order valence-corrected chi connectivity index (χ1v) is 9.79. The molecule has 0 unspecified atom stereocenters. The van der Waals surface area contributed by atoms with Gasteiger partial charge >= 0.3 is 5.97 Å². The summed E-state index contributed by atoms with van der Waals surface area (Å²) in [6.07, 6.45) is -0.352. The highest BCUT2D eigenvalue weighted by molar-refractivity contribution is 7.92. The van der Waals surface area contributed by atoms with Gasteiger partial charge < -0.3 is 10.1 Å². The van der Waals surface area contributed by atoms with Gasteiger partial charge in [0.1, 0.15) is 6.54 Å². The Hall–Kier alpha value is -2.87. The Kier molecular flexibility index (Phi) is 6.57. The SMILES string of the molecule is CC(=O)Nc1ccc(S(=O)(=O)N(CC(=O)OC(C)C)c2ccccc2)cc1. The summed E-state index contributed by atoms with van der Waals surface area (Å²) >= 11 is 0. The van der Waals surface area contributed by atoms with E-state index in [0.29, 0.717) is 11.4 Å². The van der Waals surface area contributed by atoms with Gasteiger partial charge in [0.05, 0.1) is 16.7 Å². The number of amides is 1. The number of nitrogens with zero attached hydrogens (tertiary/aromatic N) is 1. The first-order chi connectivity index (χ1) is 12.7. The summed E-state index contributed by atoms with van der Waals surface area (Å²) in [7, 11) is -4.01. The summed E-state index contributed by atoms with van der Waals surface area (Å²) in [4.78, 5) is 23.2. The molecule has 2 rings (SSSR count). The number of carbonyl (C=O) groups excluding carboxylic acids is 2. The van der Waals surface area contributed by atoms with E-state index in [1.165, 1.54) is 31.2 Å². The van der Waals surface area contributed by atoms with E-state index in [1.54, 1.807) is 44.2 Å². The van der Waals surface area contributed by atoms with Crippen molar-refractivity contribution < 1.29 is 22.7 Å². The highest BCUT2D eigenvalue weighted by Gasteiger charge is 2.28. The van der Waals surface area contributed by atoms with Crippen LogP contribution in [0.2, 0.25) is 0 Å². The van der Waals surface area contributed by atoms with Gasteiger partial charge in [0.15, 0.2) is 0 Å². The van der Waals surface area contributed by atoms with Crippen molar-refractivity contribution in [2.75, 3.05) is 16.2 Å². The fourth-order valence-electron chi connectivity index (χ4n) is 2.37. The van der Waals surface area contributed by atoms with E-state index < -0.39 is 22.5 Å². The van der Waals surface area contributed by atoms with Crippen LogP contribution in [0.25, 0.3) is 0 Å². The zero-order chi connectivity index (χ0) is 20.0. The summed E-state index contributed by atoms with van der Waals surface area (Å²) in [5.74, 6) is -0.903. The van der Waals surface area contributed by atoms with Gasteiger partial charge in [0.25, 0.3) is 10.0 Å². The number of nitrogens with one attached hydrogen (secondary N) is 1. The first-order valence-electron chi connectivity index (χ1n) is 8.35. The molecule has 0 atom stereocenters. The molecule has 0 aliphatic rings. The average Bonchev–Trinajstić information content (AvgIpc) is 2.59. The van der Waals surface area contributed by atoms with Crippen LogP contribution in [0.5, 0.6) is 0 Å². The van der Waals surface area contributed by atoms with E-state index in [1.807, 2.05) is 0 Å². The zero-order valence-corrected chi connectivity index (χ0v) is 16.2. The molecule has 0 fully saturated rings. The van der Waals surface area contributed by atoms with Crippen molar-refractivity contribution in [3.8, 4) is 0 Å². The molecule has 1 amide bonds. The second-order valence-corrected chi connectivity index (χ2v) is 7.95. The highest BCUT2D eigenvalue weighted by atomic mass is 32.2. The first kappa shape index (κ1) is 20.4. The van der Waals surface area contributed by atoms with Crippen LogP contribution in [0.4, 0.5) is 11.4 Å². The van der Waals surface area contributed by atoms with E-state index in [9.17, 15) is 18.0 Å². The van der Waals surface area contributed by atoms with Crippen molar-refractivity contribution in [3.63, 3.8) is 0 Å². The van der Waals surface area contributed by atoms with E-state index in [0.717, 1.165) is 4.31 Å². The number of carbonyl (C=O) groups is 2. The van der Waals surface area contributed by atoms with Gasteiger partial charge in [-0.05, 0) is 50.2 Å². The number of esters is 1. The third kappa shape index (κ3) is 5.55. The molecule has 0 heterocycles. The second kappa shape index (κ2) is 8.68. The maximum absolute atomic E-state index is 13.1. The van der Waals surface area contributed by atoms with Crippen molar-refractivity contribution in [1.29, 1.82) is 0 Å². The predicted molar refractivity (Wildman–Crippen MR) is 103 cm³/mol. The molecule has 8 heteroatoms. The molecule has 0 saturated carbocycles. The van der Waals surface area contributed by atoms with Crippen LogP contribution in [-0.2, 0) is 24.3 Å². The van der Waals surface area contributed by atoms with Crippen LogP contribution in [0.15, 0.2) is 59.5 Å². The standard InChI is InChI=1S/C19H22N2O5S/c1-14(2)26-19(23)13-21(17-7-5-4-6-8-17)27(24,25)18-11-9-16(10-12-18)20-15(3)22/h4-12,14H,13H2,1-3H3,(H,20,22). The Morgan fingerprint density at radius 2 is 1.63 bits per heavy atom. The molecule has 27 heavy (non-hydrogen) atoms. The summed E-state index contributed by atoms with van der Waals surface area (Å²) in [6, 6.07) is 14.1. The largest absolute Gasteiger partial charge is 0.462 e. The molecule has 0 aliphatic heterocycles. The minimum atomic E-state index is -4.01. The van der Waals surface area contributed by atoms with Gasteiger partial charge in [-0.1, -0.05) is 18.2 Å². The monoisotopic (exact) mass is 390 g/mol. The molecular weight excluding hydrogens is 368 g/mol. The number of hydrogen-bond donors (Lipinski definition) is 1. The Morgan fingerprint density at radius 3 is 2.15 bits per heavy atom. The van der Waals surface area contributed by atoms with Crippen LogP contribution in [-0.4, -0.2) is 32.9 Å². The minimum Gasteiger partial charge on any atom is -0.462 e. The van der Waals surface area contributed by atoms with Gasteiger partial charge in [-0.25, -0.2) is 8.42 Å². The smallest absolute Gasteiger partial charge is 0.327 e. The quantitative estimate of drug-likeness (QED) is 0.734. The van der Waals surface area contributed by atoms with Gasteiger partial charge in [-0.15, -0.1) is 0 Å². The normalized spacial score (nSPS) is 11.1. The predicted octanol–water partition coefficient (Wildman–Crippen LogP) is 2.79. The number of hydrogen-bond acceptors (Lipinski definition) is 5. The lowest BCUT2D eigenvalue weighted by molar-refractivity contribution is -0.145. The van der Waals surface area contributed by atoms with E-state index >= 15 is 0 Å². The average molecular weight is 390 g/mol. The number of sulfonamides is 1. The topological polar surface area (TPSA) is 92.8 Å². The summed E-state index contributed by atoms with van der Waals surface area (Å²) in [5, 5.41) is 2.58. The summed E-state index contributed by atoms with van der Waals surface area (Å²) in [6.45, 7) is 4.31. The van der Waals surface area contributed by atoms with Crippen molar-refractivity contribution in [2.24, 2.45) is 0 Å². The summed E-state index contributed by atoms with van der Waals surface area (Å²) in [5.41, 5.74) is 0.830. The number of anilines is 2. The Balaban J connectivity index is 2.37. The van der Waals surface area contributed by atoms with E-state index in [2.05, 4.69) is 5.32 Å². The molecule has 0 radical (unpaired) electrons. The van der Waals surface area contributed by atoms with Crippen LogP contribution in [0, 0.1) is 0 Å². The van der Waals surface area contributed by atoms with Crippen molar-refractivity contribution in [2.45, 2.75) is 31.8 Å². The molecule has 1 N–H and O–H groups in total. The van der Waals surface area contributed by atoms with Gasteiger partial charge in [-0.3, -0.25) is 13.9 Å². The number of benzene rings is 2. The van der Waals surface area contributed by atoms with Crippen LogP contribution >= 0.6 is 0 Å². The lowest BCUT2D eigenvalue weighted by Crippen LogP contribution is -2.37. The fraction of sp³-hybridized carbons (Fsp3) is 0.263. The number of ether oxygens (including phenoxy) is 1. The Morgan fingerprint density at radius 1 is 1.04 bits per heavy atom. The molecule has 144 valence electrons. The molecule has 0 bridgehead atoms. The minimum absolute atomic E-state index is 0.00204. The zero-order valence-electron chi connectivity index (χ0n) is 15.4. The molecule has 2 aromatic carbocycles. The lowest BCUT2D eigenvalue weighted by Gasteiger charge is -2.24. The fourth-order valence-corrected chi connectivity index (χ4v) is 3.78. The van der Waals surface area contributed by atoms with Crippen LogP contribution in [0.1, 0.15) is 20.8 Å². The molecule has 0 aliphatic carbocycles. The maximum Gasteiger partial charge on any atom is 0.327 e. The second-order valence-electron chi connectivity index (χ2n) is 6.09. The van der Waals surface area contributed by atoms with E-state index in [4.69, 9.17) is 4.74 Å². The molecule has 0 saturated heterocycles. The van der Waals surface area contributed by atoms with Gasteiger partial charge in [0, 0.05) is 12.6 Å². The Labute approximate surface area is 159 Å². The molecular formula is C19H22N2O5S. The van der Waals surface area contributed by atoms with Crippen molar-refractivity contribution in [1.82, 2.24) is 0 Å². The number of para-hydroxylation sites is 1. The lowest BCUT2D eigenvalue weighted by atomic mass is 10.3.